The fourth-order valence-corrected chi connectivity index (χ4v) is 6.66. The zero-order chi connectivity index (χ0) is 42.8. The first kappa shape index (κ1) is 46.9. The third-order valence-corrected chi connectivity index (χ3v) is 11.1. The first-order valence-corrected chi connectivity index (χ1v) is 20.5. The Hall–Kier alpha value is -5.47. The molecule has 2 aromatic carbocycles. The predicted octanol–water partition coefficient (Wildman–Crippen LogP) is 3.07. The van der Waals surface area contributed by atoms with Gasteiger partial charge in [-0.15, -0.1) is 0 Å². The van der Waals surface area contributed by atoms with Crippen molar-refractivity contribution in [3.8, 4) is 0 Å². The van der Waals surface area contributed by atoms with Crippen LogP contribution in [0.2, 0.25) is 0 Å². The fourth-order valence-electron chi connectivity index (χ4n) is 6.66. The lowest BCUT2D eigenvalue weighted by Crippen LogP contribution is -2.60. The van der Waals surface area contributed by atoms with Crippen LogP contribution in [0.25, 0.3) is 0 Å². The average molecular weight is 806 g/mol. The number of amides is 7. The van der Waals surface area contributed by atoms with Crippen molar-refractivity contribution in [2.75, 3.05) is 13.6 Å². The minimum absolute atomic E-state index is 0.0969. The van der Waals surface area contributed by atoms with Gasteiger partial charge in [-0.05, 0) is 74.8 Å². The zero-order valence-corrected chi connectivity index (χ0v) is 34.7. The van der Waals surface area contributed by atoms with Gasteiger partial charge in [0.25, 0.3) is 0 Å². The Morgan fingerprint density at radius 3 is 1.90 bits per heavy atom. The molecule has 15 nitrogen and oxygen atoms in total. The maximum atomic E-state index is 14.2. The van der Waals surface area contributed by atoms with Crippen molar-refractivity contribution in [2.24, 2.45) is 11.8 Å². The second-order valence-corrected chi connectivity index (χ2v) is 15.3. The van der Waals surface area contributed by atoms with E-state index >= 15 is 0 Å². The molecule has 15 heteroatoms. The largest absolute Gasteiger partial charge is 0.480 e. The first-order valence-electron chi connectivity index (χ1n) is 20.5. The van der Waals surface area contributed by atoms with E-state index in [4.69, 9.17) is 0 Å². The van der Waals surface area contributed by atoms with Crippen LogP contribution < -0.4 is 31.9 Å². The van der Waals surface area contributed by atoms with E-state index in [1.807, 2.05) is 67.6 Å². The molecular weight excluding hydrogens is 743 g/mol. The summed E-state index contributed by atoms with van der Waals surface area (Å²) in [7, 11) is 1.47. The van der Waals surface area contributed by atoms with Crippen LogP contribution in [-0.4, -0.2) is 101 Å². The van der Waals surface area contributed by atoms with E-state index in [9.17, 15) is 38.7 Å². The number of urea groups is 1. The molecule has 8 atom stereocenters. The number of carboxylic acids is 1. The number of hydrogen-bond donors (Lipinski definition) is 7. The number of likely N-dealkylation sites (N-methyl/N-ethyl adjacent to an activating group) is 1. The number of hydrogen-bond acceptors (Lipinski definition) is 7. The molecule has 7 N–H and O–H groups in total. The smallest absolute Gasteiger partial charge is 0.326 e. The molecule has 0 unspecified atom stereocenters. The van der Waals surface area contributed by atoms with Crippen molar-refractivity contribution in [1.82, 2.24) is 36.8 Å². The summed E-state index contributed by atoms with van der Waals surface area (Å²) in [6.07, 6.45) is 3.20. The van der Waals surface area contributed by atoms with Crippen molar-refractivity contribution >= 4 is 41.5 Å². The number of benzene rings is 2. The minimum Gasteiger partial charge on any atom is -0.480 e. The number of carbonyl (C=O) groups is 7. The maximum absolute atomic E-state index is 14.2. The fraction of sp³-hybridized carbons (Fsp3) is 0.558. The average Bonchev–Trinajstić information content (AvgIpc) is 3.22. The van der Waals surface area contributed by atoms with E-state index in [0.29, 0.717) is 38.5 Å². The van der Waals surface area contributed by atoms with E-state index in [0.717, 1.165) is 11.1 Å². The third kappa shape index (κ3) is 14.5. The highest BCUT2D eigenvalue weighted by molar-refractivity contribution is 5.96. The summed E-state index contributed by atoms with van der Waals surface area (Å²) in [5, 5.41) is 26.3. The van der Waals surface area contributed by atoms with E-state index in [-0.39, 0.29) is 25.8 Å². The Morgan fingerprint density at radius 1 is 0.776 bits per heavy atom. The molecule has 58 heavy (non-hydrogen) atoms. The van der Waals surface area contributed by atoms with Crippen LogP contribution in [0.1, 0.15) is 90.7 Å². The standard InChI is InChI=1S/C43H63N7O8/c1-7-27(3)35-40(54)46-34(25-23-31-19-13-10-14-20-31)41(55)50(6)29(5)37(51)45-33(24-22-30-17-11-9-12-18-30)38(52)44-26-16-15-21-32(39(53)48-35)47-43(58)49-36(42(56)57)28(4)8-2/h9-14,17-20,27-29,32-36H,7-8,15-16,21-26H2,1-6H3,(H,44,52)(H,45,51)(H,46,54)(H,48,53)(H,56,57)(H2,47,49,58)/t27-,28-,29-,32+,33-,34+,35+,36-/m1/s1. The summed E-state index contributed by atoms with van der Waals surface area (Å²) in [6.45, 7) is 8.90. The maximum Gasteiger partial charge on any atom is 0.326 e. The van der Waals surface area contributed by atoms with Crippen LogP contribution in [0, 0.1) is 11.8 Å². The van der Waals surface area contributed by atoms with Crippen LogP contribution in [0.15, 0.2) is 60.7 Å². The SMILES string of the molecule is CC[C@@H](C)[C@@H]1NC(=O)[C@@H](NC(=O)N[C@@H](C(=O)O)[C@H](C)CC)CCCCNC(=O)[C@@H](CCc2ccccc2)NC(=O)[C@@H](C)N(C)C(=O)[C@H](CCc2ccccc2)NC1=O. The van der Waals surface area contributed by atoms with Gasteiger partial charge in [0.1, 0.15) is 36.3 Å². The van der Waals surface area contributed by atoms with Gasteiger partial charge in [0.2, 0.25) is 29.5 Å². The first-order chi connectivity index (χ1) is 27.7. The molecule has 7 amide bonds. The van der Waals surface area contributed by atoms with Crippen molar-refractivity contribution in [3.63, 3.8) is 0 Å². The monoisotopic (exact) mass is 805 g/mol. The molecule has 3 rings (SSSR count). The van der Waals surface area contributed by atoms with Crippen LogP contribution in [0.3, 0.4) is 0 Å². The molecule has 1 heterocycles. The van der Waals surface area contributed by atoms with Crippen molar-refractivity contribution in [3.05, 3.63) is 71.8 Å². The molecule has 2 aromatic rings. The summed E-state index contributed by atoms with van der Waals surface area (Å²) >= 11 is 0. The van der Waals surface area contributed by atoms with Gasteiger partial charge in [0.05, 0.1) is 0 Å². The highest BCUT2D eigenvalue weighted by Gasteiger charge is 2.36. The zero-order valence-electron chi connectivity index (χ0n) is 34.7. The van der Waals surface area contributed by atoms with Crippen molar-refractivity contribution in [1.29, 1.82) is 0 Å². The van der Waals surface area contributed by atoms with Gasteiger partial charge in [-0.1, -0.05) is 101 Å². The topological polar surface area (TPSA) is 215 Å². The Kier molecular flexibility index (Phi) is 19.2. The Morgan fingerprint density at radius 2 is 1.34 bits per heavy atom. The summed E-state index contributed by atoms with van der Waals surface area (Å²) in [4.78, 5) is 96.1. The Bertz CT molecular complexity index is 1680. The molecule has 1 saturated heterocycles. The quantitative estimate of drug-likeness (QED) is 0.159. The highest BCUT2D eigenvalue weighted by Crippen LogP contribution is 2.15. The van der Waals surface area contributed by atoms with Gasteiger partial charge in [0.15, 0.2) is 0 Å². The van der Waals surface area contributed by atoms with Gasteiger partial charge in [-0.3, -0.25) is 24.0 Å². The van der Waals surface area contributed by atoms with Crippen molar-refractivity contribution in [2.45, 2.75) is 129 Å². The molecule has 1 aliphatic rings. The van der Waals surface area contributed by atoms with E-state index in [2.05, 4.69) is 31.9 Å². The Labute approximate surface area is 342 Å². The molecule has 0 aromatic heterocycles. The predicted molar refractivity (Wildman–Crippen MR) is 220 cm³/mol. The lowest BCUT2D eigenvalue weighted by Gasteiger charge is -2.32. The molecule has 1 fully saturated rings. The van der Waals surface area contributed by atoms with Crippen LogP contribution in [0.4, 0.5) is 4.79 Å². The third-order valence-electron chi connectivity index (χ3n) is 11.1. The normalized spacial score (nSPS) is 23.3. The van der Waals surface area contributed by atoms with Gasteiger partial charge >= 0.3 is 12.0 Å². The molecule has 318 valence electrons. The number of nitrogens with one attached hydrogen (secondary N) is 6. The number of rotatable bonds is 13. The summed E-state index contributed by atoms with van der Waals surface area (Å²) in [5.41, 5.74) is 1.91. The lowest BCUT2D eigenvalue weighted by atomic mass is 9.96. The number of carbonyl (C=O) groups excluding carboxylic acids is 6. The molecule has 0 saturated carbocycles. The second-order valence-electron chi connectivity index (χ2n) is 15.3. The molecule has 0 spiro atoms. The highest BCUT2D eigenvalue weighted by atomic mass is 16.4. The van der Waals surface area contributed by atoms with Crippen LogP contribution >= 0.6 is 0 Å². The van der Waals surface area contributed by atoms with E-state index in [1.54, 1.807) is 27.7 Å². The number of aryl methyl sites for hydroxylation is 2. The molecule has 0 bridgehead atoms. The van der Waals surface area contributed by atoms with Crippen LogP contribution in [-0.2, 0) is 41.6 Å². The summed E-state index contributed by atoms with van der Waals surface area (Å²) in [5.74, 6) is -4.77. The van der Waals surface area contributed by atoms with Crippen LogP contribution in [0.5, 0.6) is 0 Å². The molecule has 0 aliphatic carbocycles. The summed E-state index contributed by atoms with van der Waals surface area (Å²) in [6, 6.07) is 11.6. The lowest BCUT2D eigenvalue weighted by molar-refractivity contribution is -0.142. The molecule has 0 radical (unpaired) electrons. The van der Waals surface area contributed by atoms with E-state index < -0.39 is 89.6 Å². The second kappa shape index (κ2) is 23.7. The van der Waals surface area contributed by atoms with Gasteiger partial charge in [0, 0.05) is 13.6 Å². The summed E-state index contributed by atoms with van der Waals surface area (Å²) < 4.78 is 0. The number of carboxylic acid groups (broad SMARTS) is 1. The van der Waals surface area contributed by atoms with Gasteiger partial charge in [-0.2, -0.15) is 0 Å². The minimum atomic E-state index is -1.21. The number of aliphatic carboxylic acids is 1. The molecule has 1 aliphatic heterocycles. The molecular formula is C43H63N7O8. The van der Waals surface area contributed by atoms with Crippen molar-refractivity contribution < 1.29 is 38.7 Å². The van der Waals surface area contributed by atoms with Gasteiger partial charge < -0.3 is 41.9 Å². The van der Waals surface area contributed by atoms with Gasteiger partial charge in [-0.25, -0.2) is 9.59 Å². The number of nitrogens with zero attached hydrogens (tertiary/aromatic N) is 1. The Balaban J connectivity index is 1.98. The van der Waals surface area contributed by atoms with E-state index in [1.165, 1.54) is 11.9 Å².